The average molecular weight is 290 g/mol. The summed E-state index contributed by atoms with van der Waals surface area (Å²) in [6.07, 6.45) is 4.48. The minimum absolute atomic E-state index is 0. The summed E-state index contributed by atoms with van der Waals surface area (Å²) in [6, 6.07) is 0.689. The lowest BCUT2D eigenvalue weighted by Gasteiger charge is -2.37. The number of hydrogen-bond acceptors (Lipinski definition) is 2. The van der Waals surface area contributed by atoms with E-state index >= 15 is 0 Å². The van der Waals surface area contributed by atoms with E-state index in [1.807, 2.05) is 0 Å². The van der Waals surface area contributed by atoms with Crippen LogP contribution in [0, 0.1) is 5.92 Å². The van der Waals surface area contributed by atoms with E-state index in [2.05, 4.69) is 29.0 Å². The second-order valence-electron chi connectivity index (χ2n) is 5.79. The molecule has 2 aliphatic rings. The van der Waals surface area contributed by atoms with Crippen molar-refractivity contribution >= 4 is 18.4 Å². The van der Waals surface area contributed by atoms with Gasteiger partial charge in [-0.05, 0) is 38.1 Å². The van der Waals surface area contributed by atoms with Gasteiger partial charge in [0.1, 0.15) is 0 Å². The fourth-order valence-electron chi connectivity index (χ4n) is 2.96. The van der Waals surface area contributed by atoms with Crippen LogP contribution >= 0.6 is 12.4 Å². The Labute approximate surface area is 123 Å². The van der Waals surface area contributed by atoms with Crippen LogP contribution in [0.25, 0.3) is 0 Å². The molecule has 0 spiro atoms. The van der Waals surface area contributed by atoms with Gasteiger partial charge in [0.25, 0.3) is 0 Å². The molecule has 0 aromatic carbocycles. The third kappa shape index (κ3) is 4.25. The van der Waals surface area contributed by atoms with Crippen molar-refractivity contribution in [3.05, 3.63) is 0 Å². The highest BCUT2D eigenvalue weighted by atomic mass is 35.5. The molecule has 0 aromatic heterocycles. The Morgan fingerprint density at radius 3 is 2.53 bits per heavy atom. The van der Waals surface area contributed by atoms with Gasteiger partial charge in [0.15, 0.2) is 0 Å². The third-order valence-electron chi connectivity index (χ3n) is 4.24. The first kappa shape index (κ1) is 16.6. The van der Waals surface area contributed by atoms with Gasteiger partial charge in [-0.3, -0.25) is 0 Å². The molecule has 1 unspecified atom stereocenters. The smallest absolute Gasteiger partial charge is 0.320 e. The summed E-state index contributed by atoms with van der Waals surface area (Å²) in [5.41, 5.74) is 0. The highest BCUT2D eigenvalue weighted by Crippen LogP contribution is 2.19. The number of hydrogen-bond donors (Lipinski definition) is 1. The first-order valence-corrected chi connectivity index (χ1v) is 7.48. The average Bonchev–Trinajstić information content (AvgIpc) is 2.90. The molecule has 0 saturated carbocycles. The second kappa shape index (κ2) is 7.95. The van der Waals surface area contributed by atoms with Gasteiger partial charge in [-0.25, -0.2) is 4.79 Å². The van der Waals surface area contributed by atoms with Crippen LogP contribution in [0.5, 0.6) is 0 Å². The predicted molar refractivity (Wildman–Crippen MR) is 80.9 cm³/mol. The molecule has 2 amide bonds. The summed E-state index contributed by atoms with van der Waals surface area (Å²) >= 11 is 0. The summed E-state index contributed by atoms with van der Waals surface area (Å²) in [7, 11) is 0. The van der Waals surface area contributed by atoms with Gasteiger partial charge in [-0.1, -0.05) is 13.8 Å². The van der Waals surface area contributed by atoms with Crippen molar-refractivity contribution in [3.63, 3.8) is 0 Å². The Morgan fingerprint density at radius 2 is 2.00 bits per heavy atom. The SMILES string of the molecule is CCCN(C(=O)N1CCC(C)CC1)C1CCNC1.Cl. The van der Waals surface area contributed by atoms with Crippen LogP contribution in [0.3, 0.4) is 0 Å². The Bertz CT molecular complexity index is 274. The van der Waals surface area contributed by atoms with Crippen molar-refractivity contribution < 1.29 is 4.79 Å². The van der Waals surface area contributed by atoms with Crippen LogP contribution < -0.4 is 5.32 Å². The van der Waals surface area contributed by atoms with E-state index in [9.17, 15) is 4.79 Å². The van der Waals surface area contributed by atoms with Crippen molar-refractivity contribution in [2.24, 2.45) is 5.92 Å². The summed E-state index contributed by atoms with van der Waals surface area (Å²) in [6.45, 7) is 9.25. The molecule has 0 bridgehead atoms. The Hall–Kier alpha value is -0.480. The summed E-state index contributed by atoms with van der Waals surface area (Å²) in [5.74, 6) is 0.779. The first-order valence-electron chi connectivity index (χ1n) is 7.48. The zero-order valence-corrected chi connectivity index (χ0v) is 13.0. The van der Waals surface area contributed by atoms with Gasteiger partial charge in [-0.15, -0.1) is 12.4 Å². The highest BCUT2D eigenvalue weighted by Gasteiger charge is 2.30. The number of halogens is 1. The molecule has 1 atom stereocenters. The molecule has 2 heterocycles. The maximum atomic E-state index is 12.6. The molecule has 2 aliphatic heterocycles. The largest absolute Gasteiger partial charge is 0.325 e. The normalized spacial score (nSPS) is 24.1. The van der Waals surface area contributed by atoms with E-state index < -0.39 is 0 Å². The monoisotopic (exact) mass is 289 g/mol. The minimum Gasteiger partial charge on any atom is -0.325 e. The zero-order chi connectivity index (χ0) is 13.0. The lowest BCUT2D eigenvalue weighted by atomic mass is 9.99. The van der Waals surface area contributed by atoms with Crippen molar-refractivity contribution in [2.45, 2.75) is 45.6 Å². The first-order chi connectivity index (χ1) is 8.72. The fraction of sp³-hybridized carbons (Fsp3) is 0.929. The maximum Gasteiger partial charge on any atom is 0.320 e. The topological polar surface area (TPSA) is 35.6 Å². The van der Waals surface area contributed by atoms with Gasteiger partial charge in [-0.2, -0.15) is 0 Å². The van der Waals surface area contributed by atoms with Crippen molar-refractivity contribution in [2.75, 3.05) is 32.7 Å². The zero-order valence-electron chi connectivity index (χ0n) is 12.2. The van der Waals surface area contributed by atoms with E-state index in [1.54, 1.807) is 0 Å². The van der Waals surface area contributed by atoms with E-state index in [1.165, 1.54) is 0 Å². The molecular formula is C14H28ClN3O. The highest BCUT2D eigenvalue weighted by molar-refractivity contribution is 5.85. The molecule has 1 N–H and O–H groups in total. The molecule has 112 valence electrons. The number of carbonyl (C=O) groups excluding carboxylic acids is 1. The molecule has 5 heteroatoms. The van der Waals surface area contributed by atoms with Crippen LogP contribution in [0.15, 0.2) is 0 Å². The quantitative estimate of drug-likeness (QED) is 0.866. The molecule has 0 radical (unpaired) electrons. The van der Waals surface area contributed by atoms with Crippen LogP contribution in [0.1, 0.15) is 39.5 Å². The van der Waals surface area contributed by atoms with Crippen LogP contribution in [0.2, 0.25) is 0 Å². The van der Waals surface area contributed by atoms with E-state index in [0.29, 0.717) is 6.04 Å². The number of nitrogens with one attached hydrogen (secondary N) is 1. The number of likely N-dealkylation sites (tertiary alicyclic amines) is 1. The second-order valence-corrected chi connectivity index (χ2v) is 5.79. The lowest BCUT2D eigenvalue weighted by molar-refractivity contribution is 0.120. The van der Waals surface area contributed by atoms with Gasteiger partial charge < -0.3 is 15.1 Å². The lowest BCUT2D eigenvalue weighted by Crippen LogP contribution is -2.51. The number of nitrogens with zero attached hydrogens (tertiary/aromatic N) is 2. The summed E-state index contributed by atoms with van der Waals surface area (Å²) < 4.78 is 0. The Morgan fingerprint density at radius 1 is 1.32 bits per heavy atom. The van der Waals surface area contributed by atoms with E-state index in [4.69, 9.17) is 0 Å². The molecular weight excluding hydrogens is 262 g/mol. The van der Waals surface area contributed by atoms with E-state index in [0.717, 1.165) is 64.3 Å². The number of urea groups is 1. The van der Waals surface area contributed by atoms with Gasteiger partial charge in [0, 0.05) is 32.2 Å². The molecule has 4 nitrogen and oxygen atoms in total. The van der Waals surface area contributed by atoms with Gasteiger partial charge >= 0.3 is 6.03 Å². The fourth-order valence-corrected chi connectivity index (χ4v) is 2.96. The summed E-state index contributed by atoms with van der Waals surface area (Å²) in [5, 5.41) is 3.36. The van der Waals surface area contributed by atoms with Crippen LogP contribution in [-0.2, 0) is 0 Å². The third-order valence-corrected chi connectivity index (χ3v) is 4.24. The molecule has 19 heavy (non-hydrogen) atoms. The number of carbonyl (C=O) groups is 1. The number of rotatable bonds is 3. The van der Waals surface area contributed by atoms with Crippen LogP contribution in [0.4, 0.5) is 4.79 Å². The van der Waals surface area contributed by atoms with Crippen molar-refractivity contribution in [3.8, 4) is 0 Å². The molecule has 2 saturated heterocycles. The Balaban J connectivity index is 0.00000180. The minimum atomic E-state index is 0. The van der Waals surface area contributed by atoms with Gasteiger partial charge in [0.2, 0.25) is 0 Å². The van der Waals surface area contributed by atoms with Crippen LogP contribution in [-0.4, -0.2) is 54.6 Å². The number of amides is 2. The predicted octanol–water partition coefficient (Wildman–Crippen LogP) is 2.33. The number of piperidine rings is 1. The van der Waals surface area contributed by atoms with Crippen molar-refractivity contribution in [1.82, 2.24) is 15.1 Å². The molecule has 0 aromatic rings. The van der Waals surface area contributed by atoms with Crippen molar-refractivity contribution in [1.29, 1.82) is 0 Å². The summed E-state index contributed by atoms with van der Waals surface area (Å²) in [4.78, 5) is 16.8. The molecule has 0 aliphatic carbocycles. The molecule has 2 fully saturated rings. The van der Waals surface area contributed by atoms with E-state index in [-0.39, 0.29) is 18.4 Å². The maximum absolute atomic E-state index is 12.6. The molecule has 2 rings (SSSR count). The Kier molecular flexibility index (Phi) is 6.94. The standard InChI is InChI=1S/C14H27N3O.ClH/c1-3-8-17(13-4-7-15-11-13)14(18)16-9-5-12(2)6-10-16;/h12-13,15H,3-11H2,1-2H3;1H. The van der Waals surface area contributed by atoms with Gasteiger partial charge in [0.05, 0.1) is 0 Å².